The van der Waals surface area contributed by atoms with Crippen molar-refractivity contribution in [2.75, 3.05) is 0 Å². The second-order valence-corrected chi connectivity index (χ2v) is 4.54. The third-order valence-electron chi connectivity index (χ3n) is 1.48. The zero-order valence-corrected chi connectivity index (χ0v) is 9.39. The average Bonchev–Trinajstić information content (AvgIpc) is 2.08. The maximum atomic E-state index is 5.32. The lowest BCUT2D eigenvalue weighted by molar-refractivity contribution is 0.486. The molecule has 0 aliphatic carbocycles. The molecule has 0 fully saturated rings. The molecule has 0 aliphatic rings. The second-order valence-electron chi connectivity index (χ2n) is 3.62. The third kappa shape index (κ3) is 1.95. The molecule has 1 heterocycles. The molecule has 62 valence electrons. The van der Waals surface area contributed by atoms with E-state index in [1.165, 1.54) is 0 Å². The Balaban J connectivity index is 3.13. The maximum absolute atomic E-state index is 5.32. The summed E-state index contributed by atoms with van der Waals surface area (Å²) in [5.74, 6) is 0.932. The molecule has 0 bridgehead atoms. The van der Waals surface area contributed by atoms with Crippen LogP contribution in [0, 0.1) is 10.8 Å². The van der Waals surface area contributed by atoms with Gasteiger partial charge in [0.15, 0.2) is 0 Å². The van der Waals surface area contributed by atoms with Crippen molar-refractivity contribution in [2.24, 2.45) is 0 Å². The van der Waals surface area contributed by atoms with Gasteiger partial charge in [-0.05, 0) is 6.92 Å². The fraction of sp³-hybridized carbons (Fsp3) is 0.625. The predicted molar refractivity (Wildman–Crippen MR) is 52.7 cm³/mol. The summed E-state index contributed by atoms with van der Waals surface area (Å²) in [6.45, 7) is 8.35. The Labute approximate surface area is 80.5 Å². The van der Waals surface area contributed by atoms with Crippen molar-refractivity contribution in [3.8, 4) is 0 Å². The van der Waals surface area contributed by atoms with Gasteiger partial charge < -0.3 is 4.42 Å². The normalized spacial score (nSPS) is 12.1. The molecule has 0 aliphatic heterocycles. The van der Waals surface area contributed by atoms with Gasteiger partial charge in [0.1, 0.15) is 5.76 Å². The van der Waals surface area contributed by atoms with Gasteiger partial charge in [-0.25, -0.2) is 4.98 Å². The van der Waals surface area contributed by atoms with Gasteiger partial charge in [-0.2, -0.15) is 0 Å². The number of halogens is 1. The molecule has 11 heavy (non-hydrogen) atoms. The van der Waals surface area contributed by atoms with Crippen molar-refractivity contribution in [2.45, 2.75) is 33.1 Å². The van der Waals surface area contributed by atoms with E-state index in [0.717, 1.165) is 15.4 Å². The van der Waals surface area contributed by atoms with Gasteiger partial charge in [-0.1, -0.05) is 20.8 Å². The average molecular weight is 265 g/mol. The zero-order chi connectivity index (χ0) is 8.65. The highest BCUT2D eigenvalue weighted by atomic mass is 127. The maximum Gasteiger partial charge on any atom is 0.257 e. The second kappa shape index (κ2) is 2.77. The monoisotopic (exact) mass is 265 g/mol. The number of hydrogen-bond donors (Lipinski definition) is 0. The Morgan fingerprint density at radius 2 is 1.91 bits per heavy atom. The molecule has 0 saturated carbocycles. The Hall–Kier alpha value is -0.0600. The Kier molecular flexibility index (Phi) is 2.27. The van der Waals surface area contributed by atoms with E-state index >= 15 is 0 Å². The molecule has 1 rings (SSSR count). The highest BCUT2D eigenvalue weighted by Crippen LogP contribution is 2.25. The van der Waals surface area contributed by atoms with Crippen molar-refractivity contribution in [3.63, 3.8) is 0 Å². The summed E-state index contributed by atoms with van der Waals surface area (Å²) in [6, 6.07) is 0. The third-order valence-corrected chi connectivity index (χ3v) is 1.94. The molecule has 0 aromatic carbocycles. The Morgan fingerprint density at radius 3 is 2.09 bits per heavy atom. The lowest BCUT2D eigenvalue weighted by Crippen LogP contribution is -2.13. The quantitative estimate of drug-likeness (QED) is 0.674. The van der Waals surface area contributed by atoms with E-state index in [1.807, 2.05) is 6.92 Å². The molecule has 1 aromatic rings. The molecule has 0 saturated heterocycles. The fourth-order valence-electron chi connectivity index (χ4n) is 1.06. The number of nitrogens with zero attached hydrogens (tertiary/aromatic N) is 1. The van der Waals surface area contributed by atoms with Crippen molar-refractivity contribution >= 4 is 22.6 Å². The van der Waals surface area contributed by atoms with Crippen LogP contribution in [0.4, 0.5) is 0 Å². The van der Waals surface area contributed by atoms with Crippen LogP contribution >= 0.6 is 22.6 Å². The number of aromatic nitrogens is 1. The molecule has 0 atom stereocenters. The highest BCUT2D eigenvalue weighted by Gasteiger charge is 2.21. The molecule has 3 heteroatoms. The fourth-order valence-corrected chi connectivity index (χ4v) is 1.63. The molecule has 1 aromatic heterocycles. The molecular weight excluding hydrogens is 253 g/mol. The minimum absolute atomic E-state index is 0.0943. The predicted octanol–water partition coefficient (Wildman–Crippen LogP) is 2.89. The highest BCUT2D eigenvalue weighted by molar-refractivity contribution is 14.1. The van der Waals surface area contributed by atoms with Gasteiger partial charge >= 0.3 is 0 Å². The van der Waals surface area contributed by atoms with Crippen LogP contribution in [0.3, 0.4) is 0 Å². The van der Waals surface area contributed by atoms with Crippen molar-refractivity contribution in [1.29, 1.82) is 0 Å². The van der Waals surface area contributed by atoms with Crippen molar-refractivity contribution in [1.82, 2.24) is 4.98 Å². The Morgan fingerprint density at radius 1 is 1.36 bits per heavy atom. The van der Waals surface area contributed by atoms with E-state index in [2.05, 4.69) is 48.3 Å². The van der Waals surface area contributed by atoms with E-state index in [0.29, 0.717) is 0 Å². The lowest BCUT2D eigenvalue weighted by Gasteiger charge is -2.14. The first-order chi connectivity index (χ1) is 4.91. The SMILES string of the molecule is Cc1oc(I)nc1C(C)(C)C. The molecule has 0 N–H and O–H groups in total. The van der Waals surface area contributed by atoms with E-state index in [1.54, 1.807) is 0 Å². The summed E-state index contributed by atoms with van der Waals surface area (Å²) < 4.78 is 6.04. The van der Waals surface area contributed by atoms with Crippen LogP contribution in [0.5, 0.6) is 0 Å². The van der Waals surface area contributed by atoms with Crippen LogP contribution in [0.2, 0.25) is 0 Å². The summed E-state index contributed by atoms with van der Waals surface area (Å²) in [5.41, 5.74) is 1.15. The zero-order valence-electron chi connectivity index (χ0n) is 7.23. The van der Waals surface area contributed by atoms with Gasteiger partial charge in [-0.15, -0.1) is 0 Å². The smallest absolute Gasteiger partial charge is 0.257 e. The topological polar surface area (TPSA) is 26.0 Å². The molecule has 0 unspecified atom stereocenters. The summed E-state index contributed by atoms with van der Waals surface area (Å²) in [5, 5.41) is 0. The molecule has 0 spiro atoms. The van der Waals surface area contributed by atoms with E-state index in [4.69, 9.17) is 4.42 Å². The minimum atomic E-state index is 0.0943. The van der Waals surface area contributed by atoms with E-state index < -0.39 is 0 Å². The van der Waals surface area contributed by atoms with Crippen LogP contribution in [0.15, 0.2) is 4.42 Å². The Bertz CT molecular complexity index is 260. The van der Waals surface area contributed by atoms with Gasteiger partial charge in [0.05, 0.1) is 5.69 Å². The molecule has 2 nitrogen and oxygen atoms in total. The van der Waals surface area contributed by atoms with E-state index in [9.17, 15) is 0 Å². The number of oxazole rings is 1. The summed E-state index contributed by atoms with van der Waals surface area (Å²) >= 11 is 2.09. The lowest BCUT2D eigenvalue weighted by atomic mass is 9.91. The molecule has 0 amide bonds. The first-order valence-electron chi connectivity index (χ1n) is 3.54. The van der Waals surface area contributed by atoms with Crippen molar-refractivity contribution in [3.05, 3.63) is 15.4 Å². The number of hydrogen-bond acceptors (Lipinski definition) is 2. The van der Waals surface area contributed by atoms with Gasteiger partial charge in [-0.3, -0.25) is 0 Å². The first kappa shape index (κ1) is 9.03. The summed E-state index contributed by atoms with van der Waals surface area (Å²) in [4.78, 5) is 4.30. The van der Waals surface area contributed by atoms with Crippen LogP contribution < -0.4 is 0 Å². The van der Waals surface area contributed by atoms with Gasteiger partial charge in [0, 0.05) is 28.0 Å². The number of aryl methyl sites for hydroxylation is 1. The van der Waals surface area contributed by atoms with E-state index in [-0.39, 0.29) is 5.41 Å². The van der Waals surface area contributed by atoms with Gasteiger partial charge in [0.2, 0.25) is 0 Å². The van der Waals surface area contributed by atoms with Crippen LogP contribution in [0.1, 0.15) is 32.2 Å². The van der Waals surface area contributed by atoms with Crippen LogP contribution in [0.25, 0.3) is 0 Å². The largest absolute Gasteiger partial charge is 0.437 e. The summed E-state index contributed by atoms with van der Waals surface area (Å²) in [6.07, 6.45) is 0. The number of rotatable bonds is 0. The molecule has 0 radical (unpaired) electrons. The van der Waals surface area contributed by atoms with Crippen molar-refractivity contribution < 1.29 is 4.42 Å². The first-order valence-corrected chi connectivity index (χ1v) is 4.62. The van der Waals surface area contributed by atoms with Crippen LogP contribution in [-0.4, -0.2) is 4.98 Å². The summed E-state index contributed by atoms with van der Waals surface area (Å²) in [7, 11) is 0. The minimum Gasteiger partial charge on any atom is -0.437 e. The molecular formula is C8H12INO. The van der Waals surface area contributed by atoms with Gasteiger partial charge in [0.25, 0.3) is 3.90 Å². The van der Waals surface area contributed by atoms with Crippen LogP contribution in [-0.2, 0) is 5.41 Å². The standard InChI is InChI=1S/C8H12INO/c1-5-6(8(2,3)4)10-7(9)11-5/h1-4H3.